The molecule has 19 heavy (non-hydrogen) atoms. The van der Waals surface area contributed by atoms with Gasteiger partial charge in [0.05, 0.1) is 6.42 Å². The summed E-state index contributed by atoms with van der Waals surface area (Å²) in [6.07, 6.45) is 4.01. The van der Waals surface area contributed by atoms with Crippen LogP contribution in [0.15, 0.2) is 12.1 Å². The smallest absolute Gasteiger partial charge is 0.308 e. The van der Waals surface area contributed by atoms with Crippen LogP contribution in [0, 0.1) is 0 Å². The quantitative estimate of drug-likeness (QED) is 0.812. The lowest BCUT2D eigenvalue weighted by Crippen LogP contribution is -2.25. The molecule has 0 amide bonds. The Balaban J connectivity index is 1.73. The molecule has 0 spiro atoms. The summed E-state index contributed by atoms with van der Waals surface area (Å²) in [5.74, 6) is 0.456. The Morgan fingerprint density at radius 1 is 1.47 bits per heavy atom. The minimum absolute atomic E-state index is 0.142. The van der Waals surface area contributed by atoms with Crippen LogP contribution in [0.3, 0.4) is 0 Å². The highest BCUT2D eigenvalue weighted by atomic mass is 32.2. The van der Waals surface area contributed by atoms with Gasteiger partial charge in [-0.05, 0) is 37.1 Å². The molecular formula is C14H21NO2S2. The zero-order valence-electron chi connectivity index (χ0n) is 11.2. The second-order valence-electron chi connectivity index (χ2n) is 4.91. The summed E-state index contributed by atoms with van der Waals surface area (Å²) in [7, 11) is 0. The van der Waals surface area contributed by atoms with Crippen LogP contribution in [0.4, 0.5) is 0 Å². The largest absolute Gasteiger partial charge is 0.481 e. The Morgan fingerprint density at radius 2 is 2.26 bits per heavy atom. The van der Waals surface area contributed by atoms with E-state index in [0.717, 1.165) is 16.7 Å². The molecule has 1 aromatic rings. The first-order chi connectivity index (χ1) is 9.17. The fourth-order valence-corrected chi connectivity index (χ4v) is 4.62. The van der Waals surface area contributed by atoms with Gasteiger partial charge in [-0.15, -0.1) is 11.3 Å². The fraction of sp³-hybridized carbons (Fsp3) is 0.643. The van der Waals surface area contributed by atoms with Crippen LogP contribution >= 0.6 is 23.1 Å². The predicted molar refractivity (Wildman–Crippen MR) is 82.1 cm³/mol. The number of aliphatic carboxylic acids is 1. The van der Waals surface area contributed by atoms with E-state index in [9.17, 15) is 4.79 Å². The summed E-state index contributed by atoms with van der Waals surface area (Å²) < 4.78 is 0. The van der Waals surface area contributed by atoms with Gasteiger partial charge >= 0.3 is 5.97 Å². The van der Waals surface area contributed by atoms with Crippen molar-refractivity contribution in [3.63, 3.8) is 0 Å². The monoisotopic (exact) mass is 299 g/mol. The van der Waals surface area contributed by atoms with Crippen LogP contribution in [-0.2, 0) is 17.8 Å². The van der Waals surface area contributed by atoms with E-state index >= 15 is 0 Å². The predicted octanol–water partition coefficient (Wildman–Crippen LogP) is 3.14. The number of hydrogen-bond donors (Lipinski definition) is 2. The van der Waals surface area contributed by atoms with Crippen molar-refractivity contribution in [3.05, 3.63) is 21.9 Å². The van der Waals surface area contributed by atoms with Crippen molar-refractivity contribution in [2.24, 2.45) is 0 Å². The second kappa shape index (κ2) is 7.31. The molecule has 2 atom stereocenters. The van der Waals surface area contributed by atoms with Crippen LogP contribution in [0.1, 0.15) is 35.9 Å². The number of carboxylic acids is 1. The third kappa shape index (κ3) is 4.82. The van der Waals surface area contributed by atoms with Crippen molar-refractivity contribution >= 4 is 29.1 Å². The molecule has 5 heteroatoms. The average Bonchev–Trinajstić information content (AvgIpc) is 2.96. The second-order valence-corrected chi connectivity index (χ2v) is 7.74. The zero-order valence-corrected chi connectivity index (χ0v) is 12.9. The van der Waals surface area contributed by atoms with E-state index < -0.39 is 5.97 Å². The van der Waals surface area contributed by atoms with Gasteiger partial charge in [-0.25, -0.2) is 0 Å². The van der Waals surface area contributed by atoms with E-state index in [4.69, 9.17) is 5.11 Å². The van der Waals surface area contributed by atoms with Crippen molar-refractivity contribution in [3.8, 4) is 0 Å². The Morgan fingerprint density at radius 3 is 3.00 bits per heavy atom. The molecule has 106 valence electrons. The first-order valence-corrected chi connectivity index (χ1v) is 8.68. The van der Waals surface area contributed by atoms with Gasteiger partial charge in [-0.3, -0.25) is 4.79 Å². The maximum atomic E-state index is 10.6. The lowest BCUT2D eigenvalue weighted by Gasteiger charge is -2.12. The fourth-order valence-electron chi connectivity index (χ4n) is 2.52. The van der Waals surface area contributed by atoms with Gasteiger partial charge in [-0.1, -0.05) is 6.92 Å². The SMILES string of the molecule is CCSC1CCC(NCc2ccc(CC(=O)O)s2)C1. The van der Waals surface area contributed by atoms with Gasteiger partial charge in [-0.2, -0.15) is 11.8 Å². The molecule has 2 unspecified atom stereocenters. The molecule has 1 saturated carbocycles. The van der Waals surface area contributed by atoms with E-state index in [1.807, 2.05) is 12.1 Å². The average molecular weight is 299 g/mol. The first-order valence-electron chi connectivity index (χ1n) is 6.81. The third-order valence-electron chi connectivity index (χ3n) is 3.39. The highest BCUT2D eigenvalue weighted by molar-refractivity contribution is 7.99. The zero-order chi connectivity index (χ0) is 13.7. The minimum atomic E-state index is -0.753. The summed E-state index contributed by atoms with van der Waals surface area (Å²) in [6.45, 7) is 3.10. The number of rotatable bonds is 7. The summed E-state index contributed by atoms with van der Waals surface area (Å²) in [5.41, 5.74) is 0. The standard InChI is InChI=1S/C14H21NO2S2/c1-2-18-11-4-3-10(7-11)15-9-13-6-5-12(19-13)8-14(16)17/h5-6,10-11,15H,2-4,7-9H2,1H3,(H,16,17). The highest BCUT2D eigenvalue weighted by Crippen LogP contribution is 2.30. The molecule has 0 saturated heterocycles. The number of nitrogens with one attached hydrogen (secondary N) is 1. The minimum Gasteiger partial charge on any atom is -0.481 e. The molecule has 1 aliphatic rings. The van der Waals surface area contributed by atoms with Gasteiger partial charge in [0, 0.05) is 27.6 Å². The Bertz CT molecular complexity index is 419. The number of hydrogen-bond acceptors (Lipinski definition) is 4. The topological polar surface area (TPSA) is 49.3 Å². The normalized spacial score (nSPS) is 22.8. The van der Waals surface area contributed by atoms with Crippen LogP contribution < -0.4 is 5.32 Å². The van der Waals surface area contributed by atoms with Crippen LogP contribution in [-0.4, -0.2) is 28.1 Å². The Kier molecular flexibility index (Phi) is 5.73. The maximum absolute atomic E-state index is 10.6. The first kappa shape index (κ1) is 14.9. The van der Waals surface area contributed by atoms with E-state index in [-0.39, 0.29) is 6.42 Å². The van der Waals surface area contributed by atoms with Crippen molar-refractivity contribution in [2.45, 2.75) is 50.4 Å². The molecule has 2 rings (SSSR count). The molecule has 0 aromatic carbocycles. The molecule has 0 aliphatic heterocycles. The van der Waals surface area contributed by atoms with E-state index in [1.54, 1.807) is 11.3 Å². The van der Waals surface area contributed by atoms with Crippen LogP contribution in [0.2, 0.25) is 0 Å². The van der Waals surface area contributed by atoms with Crippen molar-refractivity contribution in [2.75, 3.05) is 5.75 Å². The summed E-state index contributed by atoms with van der Waals surface area (Å²) >= 11 is 3.68. The summed E-state index contributed by atoms with van der Waals surface area (Å²) in [4.78, 5) is 12.8. The van der Waals surface area contributed by atoms with Gasteiger partial charge in [0.15, 0.2) is 0 Å². The molecular weight excluding hydrogens is 278 g/mol. The maximum Gasteiger partial charge on any atom is 0.308 e. The molecule has 1 aromatic heterocycles. The van der Waals surface area contributed by atoms with E-state index in [2.05, 4.69) is 24.0 Å². The summed E-state index contributed by atoms with van der Waals surface area (Å²) in [6, 6.07) is 4.61. The molecule has 1 heterocycles. The molecule has 2 N–H and O–H groups in total. The number of thioether (sulfide) groups is 1. The van der Waals surface area contributed by atoms with Crippen LogP contribution in [0.5, 0.6) is 0 Å². The van der Waals surface area contributed by atoms with Crippen LogP contribution in [0.25, 0.3) is 0 Å². The van der Waals surface area contributed by atoms with Gasteiger partial charge in [0.2, 0.25) is 0 Å². The lowest BCUT2D eigenvalue weighted by molar-refractivity contribution is -0.136. The molecule has 1 aliphatic carbocycles. The van der Waals surface area contributed by atoms with Crippen molar-refractivity contribution in [1.29, 1.82) is 0 Å². The highest BCUT2D eigenvalue weighted by Gasteiger charge is 2.23. The Hall–Kier alpha value is -0.520. The van der Waals surface area contributed by atoms with Gasteiger partial charge < -0.3 is 10.4 Å². The molecule has 0 radical (unpaired) electrons. The molecule has 3 nitrogen and oxygen atoms in total. The van der Waals surface area contributed by atoms with E-state index in [1.165, 1.54) is 29.9 Å². The van der Waals surface area contributed by atoms with E-state index in [0.29, 0.717) is 6.04 Å². The molecule has 1 fully saturated rings. The summed E-state index contributed by atoms with van der Waals surface area (Å²) in [5, 5.41) is 13.2. The number of thiophene rings is 1. The van der Waals surface area contributed by atoms with Gasteiger partial charge in [0.1, 0.15) is 0 Å². The van der Waals surface area contributed by atoms with Gasteiger partial charge in [0.25, 0.3) is 0 Å². The Labute approximate surface area is 122 Å². The number of carboxylic acid groups (broad SMARTS) is 1. The lowest BCUT2D eigenvalue weighted by atomic mass is 10.2. The number of carbonyl (C=O) groups is 1. The van der Waals surface area contributed by atoms with Crippen molar-refractivity contribution < 1.29 is 9.90 Å². The molecule has 0 bridgehead atoms. The van der Waals surface area contributed by atoms with Crippen molar-refractivity contribution in [1.82, 2.24) is 5.32 Å². The third-order valence-corrected chi connectivity index (χ3v) is 5.71.